The van der Waals surface area contributed by atoms with Gasteiger partial charge in [-0.25, -0.2) is 4.79 Å². The normalized spacial score (nSPS) is 15.9. The predicted molar refractivity (Wildman–Crippen MR) is 108 cm³/mol. The zero-order valence-corrected chi connectivity index (χ0v) is 16.5. The summed E-state index contributed by atoms with van der Waals surface area (Å²) in [5.41, 5.74) is 1.83. The predicted octanol–water partition coefficient (Wildman–Crippen LogP) is 2.65. The van der Waals surface area contributed by atoms with Crippen LogP contribution in [0.4, 0.5) is 0 Å². The number of benzene rings is 2. The van der Waals surface area contributed by atoms with Crippen molar-refractivity contribution in [2.24, 2.45) is 0 Å². The molecule has 0 saturated carbocycles. The number of hydrogen-bond donors (Lipinski definition) is 0. The highest BCUT2D eigenvalue weighted by atomic mass is 16.5. The van der Waals surface area contributed by atoms with E-state index in [0.717, 1.165) is 19.3 Å². The Morgan fingerprint density at radius 1 is 0.833 bits per heavy atom. The molecule has 2 aromatic rings. The maximum atomic E-state index is 12.5. The van der Waals surface area contributed by atoms with Gasteiger partial charge in [0, 0.05) is 13.1 Å². The van der Waals surface area contributed by atoms with E-state index in [1.807, 2.05) is 0 Å². The summed E-state index contributed by atoms with van der Waals surface area (Å²) in [4.78, 5) is 52.2. The van der Waals surface area contributed by atoms with Crippen molar-refractivity contribution in [3.63, 3.8) is 0 Å². The Balaban J connectivity index is 1.34. The third-order valence-electron chi connectivity index (χ3n) is 5.44. The topological polar surface area (TPSA) is 84.0 Å². The average Bonchev–Trinajstić information content (AvgIpc) is 3.03. The molecule has 1 saturated heterocycles. The van der Waals surface area contributed by atoms with Gasteiger partial charge in [-0.05, 0) is 49.1 Å². The standard InChI is InChI=1S/C23H22N2O5/c26-20(24-12-4-1-5-13-24)15-30-23(29)17-10-8-16(9-11-17)14-25-21(27)18-6-2-3-7-19(18)22(25)28/h2-3,6-11H,1,4-5,12-15H2. The van der Waals surface area contributed by atoms with Gasteiger partial charge in [0.25, 0.3) is 17.7 Å². The summed E-state index contributed by atoms with van der Waals surface area (Å²) in [5.74, 6) is -1.40. The Bertz CT molecular complexity index is 958. The van der Waals surface area contributed by atoms with Crippen molar-refractivity contribution in [1.82, 2.24) is 9.80 Å². The summed E-state index contributed by atoms with van der Waals surface area (Å²) in [6.07, 6.45) is 3.08. The molecule has 0 aromatic heterocycles. The second-order valence-electron chi connectivity index (χ2n) is 7.46. The molecule has 7 nitrogen and oxygen atoms in total. The van der Waals surface area contributed by atoms with Crippen LogP contribution in [0.1, 0.15) is 55.9 Å². The lowest BCUT2D eigenvalue weighted by atomic mass is 10.1. The molecule has 7 heteroatoms. The van der Waals surface area contributed by atoms with Crippen LogP contribution in [0.5, 0.6) is 0 Å². The lowest BCUT2D eigenvalue weighted by Crippen LogP contribution is -2.38. The number of hydrogen-bond acceptors (Lipinski definition) is 5. The molecular formula is C23H22N2O5. The molecule has 3 amide bonds. The number of fused-ring (bicyclic) bond motifs is 1. The summed E-state index contributed by atoms with van der Waals surface area (Å²) in [5, 5.41) is 0. The van der Waals surface area contributed by atoms with Gasteiger partial charge < -0.3 is 9.64 Å². The van der Waals surface area contributed by atoms with Crippen molar-refractivity contribution in [3.05, 3.63) is 70.8 Å². The number of likely N-dealkylation sites (tertiary alicyclic amines) is 1. The van der Waals surface area contributed by atoms with Crippen LogP contribution in [0.15, 0.2) is 48.5 Å². The van der Waals surface area contributed by atoms with E-state index in [0.29, 0.717) is 35.3 Å². The van der Waals surface area contributed by atoms with Gasteiger partial charge in [-0.1, -0.05) is 24.3 Å². The first-order valence-electron chi connectivity index (χ1n) is 10.0. The number of imide groups is 1. The largest absolute Gasteiger partial charge is 0.452 e. The smallest absolute Gasteiger partial charge is 0.338 e. The highest BCUT2D eigenvalue weighted by Gasteiger charge is 2.34. The van der Waals surface area contributed by atoms with E-state index in [2.05, 4.69) is 0 Å². The van der Waals surface area contributed by atoms with Crippen LogP contribution in [0, 0.1) is 0 Å². The Morgan fingerprint density at radius 2 is 1.43 bits per heavy atom. The average molecular weight is 406 g/mol. The van der Waals surface area contributed by atoms with E-state index in [1.165, 1.54) is 4.90 Å². The molecule has 0 aliphatic carbocycles. The van der Waals surface area contributed by atoms with E-state index in [4.69, 9.17) is 4.74 Å². The molecule has 1 fully saturated rings. The number of ether oxygens (including phenoxy) is 1. The number of esters is 1. The van der Waals surface area contributed by atoms with Crippen LogP contribution >= 0.6 is 0 Å². The lowest BCUT2D eigenvalue weighted by molar-refractivity contribution is -0.135. The summed E-state index contributed by atoms with van der Waals surface area (Å²) >= 11 is 0. The molecule has 2 heterocycles. The van der Waals surface area contributed by atoms with E-state index < -0.39 is 5.97 Å². The Hall–Kier alpha value is -3.48. The second kappa shape index (κ2) is 8.49. The van der Waals surface area contributed by atoms with Crippen molar-refractivity contribution in [1.29, 1.82) is 0 Å². The SMILES string of the molecule is O=C(OCC(=O)N1CCCCC1)c1ccc(CN2C(=O)c3ccccc3C2=O)cc1. The minimum atomic E-state index is -0.576. The van der Waals surface area contributed by atoms with Gasteiger partial charge in [0.15, 0.2) is 6.61 Å². The van der Waals surface area contributed by atoms with Crippen LogP contribution in [0.3, 0.4) is 0 Å². The van der Waals surface area contributed by atoms with Crippen molar-refractivity contribution in [2.75, 3.05) is 19.7 Å². The molecular weight excluding hydrogens is 384 g/mol. The molecule has 0 spiro atoms. The van der Waals surface area contributed by atoms with Crippen LogP contribution < -0.4 is 0 Å². The first-order valence-corrected chi connectivity index (χ1v) is 10.0. The van der Waals surface area contributed by atoms with Gasteiger partial charge >= 0.3 is 5.97 Å². The molecule has 0 bridgehead atoms. The van der Waals surface area contributed by atoms with Gasteiger partial charge in [-0.15, -0.1) is 0 Å². The van der Waals surface area contributed by atoms with Crippen LogP contribution in [0.25, 0.3) is 0 Å². The number of rotatable bonds is 5. The summed E-state index contributed by atoms with van der Waals surface area (Å²) in [7, 11) is 0. The zero-order chi connectivity index (χ0) is 21.1. The number of piperidine rings is 1. The maximum absolute atomic E-state index is 12.5. The molecule has 0 radical (unpaired) electrons. The fraction of sp³-hybridized carbons (Fsp3) is 0.304. The number of carbonyl (C=O) groups excluding carboxylic acids is 4. The molecule has 0 N–H and O–H groups in total. The molecule has 2 aliphatic rings. The van der Waals surface area contributed by atoms with Crippen molar-refractivity contribution >= 4 is 23.7 Å². The maximum Gasteiger partial charge on any atom is 0.338 e. The fourth-order valence-corrected chi connectivity index (χ4v) is 3.76. The van der Waals surface area contributed by atoms with Crippen molar-refractivity contribution < 1.29 is 23.9 Å². The number of carbonyl (C=O) groups is 4. The van der Waals surface area contributed by atoms with E-state index in [-0.39, 0.29) is 30.9 Å². The van der Waals surface area contributed by atoms with Crippen LogP contribution in [0.2, 0.25) is 0 Å². The highest BCUT2D eigenvalue weighted by molar-refractivity contribution is 6.21. The number of amides is 3. The Labute approximate surface area is 174 Å². The third kappa shape index (κ3) is 3.96. The summed E-state index contributed by atoms with van der Waals surface area (Å²) in [6, 6.07) is 13.2. The van der Waals surface area contributed by atoms with Gasteiger partial charge in [0.1, 0.15) is 0 Å². The molecule has 2 aromatic carbocycles. The third-order valence-corrected chi connectivity index (χ3v) is 5.44. The molecule has 4 rings (SSSR count). The van der Waals surface area contributed by atoms with E-state index in [1.54, 1.807) is 53.4 Å². The van der Waals surface area contributed by atoms with Crippen LogP contribution in [-0.4, -0.2) is 53.2 Å². The van der Waals surface area contributed by atoms with Gasteiger partial charge in [0.2, 0.25) is 0 Å². The first kappa shape index (κ1) is 19.8. The highest BCUT2D eigenvalue weighted by Crippen LogP contribution is 2.24. The molecule has 2 aliphatic heterocycles. The Morgan fingerprint density at radius 3 is 2.03 bits per heavy atom. The molecule has 30 heavy (non-hydrogen) atoms. The van der Waals surface area contributed by atoms with Gasteiger partial charge in [-0.3, -0.25) is 19.3 Å². The first-order chi connectivity index (χ1) is 14.5. The van der Waals surface area contributed by atoms with Crippen LogP contribution in [-0.2, 0) is 16.1 Å². The van der Waals surface area contributed by atoms with Gasteiger partial charge in [-0.2, -0.15) is 0 Å². The van der Waals surface area contributed by atoms with Crippen molar-refractivity contribution in [2.45, 2.75) is 25.8 Å². The second-order valence-corrected chi connectivity index (χ2v) is 7.46. The fourth-order valence-electron chi connectivity index (χ4n) is 3.76. The lowest BCUT2D eigenvalue weighted by Gasteiger charge is -2.26. The summed E-state index contributed by atoms with van der Waals surface area (Å²) in [6.45, 7) is 1.27. The zero-order valence-electron chi connectivity index (χ0n) is 16.5. The van der Waals surface area contributed by atoms with E-state index in [9.17, 15) is 19.2 Å². The monoisotopic (exact) mass is 406 g/mol. The summed E-state index contributed by atoms with van der Waals surface area (Å²) < 4.78 is 5.14. The molecule has 154 valence electrons. The number of nitrogens with zero attached hydrogens (tertiary/aromatic N) is 2. The minimum absolute atomic E-state index is 0.120. The van der Waals surface area contributed by atoms with E-state index >= 15 is 0 Å². The van der Waals surface area contributed by atoms with Gasteiger partial charge in [0.05, 0.1) is 23.2 Å². The minimum Gasteiger partial charge on any atom is -0.452 e. The molecule has 0 unspecified atom stereocenters. The molecule has 0 atom stereocenters. The quantitative estimate of drug-likeness (QED) is 0.563. The van der Waals surface area contributed by atoms with Crippen molar-refractivity contribution in [3.8, 4) is 0 Å². The Kier molecular flexibility index (Phi) is 5.61.